The second-order valence-electron chi connectivity index (χ2n) is 8.03. The zero-order valence-electron chi connectivity index (χ0n) is 19.3. The number of hydrogen-bond donors (Lipinski definition) is 1. The third kappa shape index (κ3) is 3.93. The number of urea groups is 1. The zero-order valence-corrected chi connectivity index (χ0v) is 19.3. The lowest BCUT2D eigenvalue weighted by Gasteiger charge is -2.35. The van der Waals surface area contributed by atoms with Crippen LogP contribution in [0.25, 0.3) is 17.0 Å². The van der Waals surface area contributed by atoms with E-state index in [1.807, 2.05) is 63.2 Å². The number of hydrogen-bond acceptors (Lipinski definition) is 7. The Hall–Kier alpha value is -4.01. The highest BCUT2D eigenvalue weighted by Gasteiger charge is 2.35. The summed E-state index contributed by atoms with van der Waals surface area (Å²) in [5.74, 6) is 2.88. The number of nitrogens with zero attached hydrogens (tertiary/aromatic N) is 3. The summed E-state index contributed by atoms with van der Waals surface area (Å²) < 4.78 is 22.2. The van der Waals surface area contributed by atoms with Crippen molar-refractivity contribution in [3.63, 3.8) is 0 Å². The predicted octanol–water partition coefficient (Wildman–Crippen LogP) is 4.77. The number of aromatic nitrogens is 2. The van der Waals surface area contributed by atoms with Crippen LogP contribution in [-0.4, -0.2) is 41.0 Å². The summed E-state index contributed by atoms with van der Waals surface area (Å²) in [6.07, 6.45) is 0.818. The van der Waals surface area contributed by atoms with Gasteiger partial charge >= 0.3 is 6.03 Å². The van der Waals surface area contributed by atoms with Crippen LogP contribution in [0.4, 0.5) is 4.79 Å². The molecule has 3 heterocycles. The van der Waals surface area contributed by atoms with E-state index in [0.717, 1.165) is 34.6 Å². The van der Waals surface area contributed by atoms with Gasteiger partial charge < -0.3 is 24.1 Å². The lowest BCUT2D eigenvalue weighted by molar-refractivity contribution is 0.174. The first-order chi connectivity index (χ1) is 16.6. The van der Waals surface area contributed by atoms with Gasteiger partial charge in [0.05, 0.1) is 18.2 Å². The Morgan fingerprint density at radius 3 is 2.68 bits per heavy atom. The molecule has 9 heteroatoms. The summed E-state index contributed by atoms with van der Waals surface area (Å²) in [6, 6.07) is 12.6. The van der Waals surface area contributed by atoms with E-state index >= 15 is 0 Å². The van der Waals surface area contributed by atoms with Gasteiger partial charge in [-0.05, 0) is 56.2 Å². The topological polar surface area (TPSA) is 99.0 Å². The van der Waals surface area contributed by atoms with Crippen LogP contribution in [0.2, 0.25) is 0 Å². The monoisotopic (exact) mass is 462 g/mol. The first kappa shape index (κ1) is 21.8. The van der Waals surface area contributed by atoms with Gasteiger partial charge in [0.2, 0.25) is 12.6 Å². The minimum atomic E-state index is -0.443. The molecular formula is C25H26N4O5. The fourth-order valence-electron chi connectivity index (χ4n) is 4.21. The number of nitrogens with one attached hydrogen (secondary N) is 1. The normalized spacial score (nSPS) is 17.2. The smallest absolute Gasteiger partial charge is 0.322 e. The van der Waals surface area contributed by atoms with E-state index in [1.54, 1.807) is 4.90 Å². The van der Waals surface area contributed by atoms with E-state index in [2.05, 4.69) is 15.5 Å². The molecule has 2 amide bonds. The van der Waals surface area contributed by atoms with Crippen LogP contribution in [-0.2, 0) is 0 Å². The average molecular weight is 463 g/mol. The van der Waals surface area contributed by atoms with Crippen molar-refractivity contribution >= 4 is 11.6 Å². The van der Waals surface area contributed by atoms with E-state index in [9.17, 15) is 4.79 Å². The van der Waals surface area contributed by atoms with E-state index < -0.39 is 6.04 Å². The minimum Gasteiger partial charge on any atom is -0.494 e. The lowest BCUT2D eigenvalue weighted by Crippen LogP contribution is -2.46. The van der Waals surface area contributed by atoms with Crippen LogP contribution < -0.4 is 19.5 Å². The molecule has 5 rings (SSSR count). The Labute approximate surface area is 197 Å². The van der Waals surface area contributed by atoms with Crippen molar-refractivity contribution in [1.29, 1.82) is 0 Å². The molecule has 1 N–H and O–H groups in total. The third-order valence-electron chi connectivity index (χ3n) is 5.86. The number of amides is 2. The number of allylic oxidation sites excluding steroid dienone is 1. The molecule has 9 nitrogen and oxygen atoms in total. The van der Waals surface area contributed by atoms with Gasteiger partial charge in [-0.25, -0.2) is 4.79 Å². The largest absolute Gasteiger partial charge is 0.494 e. The molecule has 0 saturated carbocycles. The number of fused-ring (bicyclic) bond motifs is 1. The van der Waals surface area contributed by atoms with Gasteiger partial charge in [0.25, 0.3) is 5.89 Å². The average Bonchev–Trinajstić information content (AvgIpc) is 3.51. The maximum atomic E-state index is 12.9. The van der Waals surface area contributed by atoms with E-state index in [0.29, 0.717) is 36.4 Å². The Bertz CT molecular complexity index is 1230. The summed E-state index contributed by atoms with van der Waals surface area (Å²) >= 11 is 0. The van der Waals surface area contributed by atoms with Crippen LogP contribution in [0.5, 0.6) is 17.2 Å². The third-order valence-corrected chi connectivity index (χ3v) is 5.86. The molecule has 176 valence electrons. The van der Waals surface area contributed by atoms with Gasteiger partial charge in [-0.15, -0.1) is 0 Å². The summed E-state index contributed by atoms with van der Waals surface area (Å²) in [4.78, 5) is 19.3. The Balaban J connectivity index is 1.54. The molecule has 2 aromatic carbocycles. The highest BCUT2D eigenvalue weighted by atomic mass is 16.7. The molecule has 2 aliphatic heterocycles. The number of rotatable bonds is 7. The van der Waals surface area contributed by atoms with Crippen molar-refractivity contribution in [3.05, 3.63) is 59.6 Å². The van der Waals surface area contributed by atoms with E-state index in [1.165, 1.54) is 0 Å². The summed E-state index contributed by atoms with van der Waals surface area (Å²) in [5.41, 5.74) is 3.19. The van der Waals surface area contributed by atoms with Crippen molar-refractivity contribution in [2.24, 2.45) is 0 Å². The molecule has 0 radical (unpaired) electrons. The van der Waals surface area contributed by atoms with Crippen LogP contribution in [0.15, 0.2) is 52.7 Å². The summed E-state index contributed by atoms with van der Waals surface area (Å²) in [5, 5.41) is 7.32. The Morgan fingerprint density at radius 2 is 1.91 bits per heavy atom. The van der Waals surface area contributed by atoms with Crippen LogP contribution >= 0.6 is 0 Å². The van der Waals surface area contributed by atoms with Gasteiger partial charge in [-0.3, -0.25) is 4.90 Å². The molecule has 2 aliphatic rings. The molecule has 0 saturated heterocycles. The summed E-state index contributed by atoms with van der Waals surface area (Å²) in [7, 11) is 0. The molecule has 0 fully saturated rings. The maximum absolute atomic E-state index is 12.9. The lowest BCUT2D eigenvalue weighted by atomic mass is 9.94. The highest BCUT2D eigenvalue weighted by molar-refractivity contribution is 5.87. The van der Waals surface area contributed by atoms with E-state index in [4.69, 9.17) is 18.7 Å². The first-order valence-electron chi connectivity index (χ1n) is 11.3. The molecule has 34 heavy (non-hydrogen) atoms. The molecule has 1 unspecified atom stereocenters. The Kier molecular flexibility index (Phi) is 5.83. The zero-order chi connectivity index (χ0) is 23.7. The highest BCUT2D eigenvalue weighted by Crippen LogP contribution is 2.39. The molecular weight excluding hydrogens is 436 g/mol. The Morgan fingerprint density at radius 1 is 1.12 bits per heavy atom. The fourth-order valence-corrected chi connectivity index (χ4v) is 4.21. The standard InChI is InChI=1S/C25H26N4O5/c1-4-12-29-15(3)21(22(26-25(29)30)16-6-9-18(10-7-16)31-5-2)24-27-23(28-34-24)17-8-11-19-20(13-17)33-14-32-19/h6-11,13,22H,4-5,12,14H2,1-3H3,(H,26,30). The maximum Gasteiger partial charge on any atom is 0.322 e. The van der Waals surface area contributed by atoms with Gasteiger partial charge in [0.15, 0.2) is 11.5 Å². The number of carbonyl (C=O) groups excluding carboxylic acids is 1. The summed E-state index contributed by atoms with van der Waals surface area (Å²) in [6.45, 7) is 7.24. The van der Waals surface area contributed by atoms with Crippen LogP contribution in [0.1, 0.15) is 44.7 Å². The van der Waals surface area contributed by atoms with Crippen LogP contribution in [0.3, 0.4) is 0 Å². The van der Waals surface area contributed by atoms with Crippen molar-refractivity contribution in [2.75, 3.05) is 19.9 Å². The van der Waals surface area contributed by atoms with Gasteiger partial charge in [-0.1, -0.05) is 24.2 Å². The van der Waals surface area contributed by atoms with Crippen molar-refractivity contribution in [2.45, 2.75) is 33.2 Å². The fraction of sp³-hybridized carbons (Fsp3) is 0.320. The number of benzene rings is 2. The number of ether oxygens (including phenoxy) is 3. The molecule has 1 aromatic heterocycles. The SMILES string of the molecule is CCCN1C(=O)NC(c2ccc(OCC)cc2)C(c2nc(-c3ccc4c(c3)OCO4)no2)=C1C. The molecule has 3 aromatic rings. The van der Waals surface area contributed by atoms with Crippen molar-refractivity contribution < 1.29 is 23.5 Å². The van der Waals surface area contributed by atoms with Gasteiger partial charge in [-0.2, -0.15) is 4.98 Å². The van der Waals surface area contributed by atoms with Crippen molar-refractivity contribution in [1.82, 2.24) is 20.4 Å². The van der Waals surface area contributed by atoms with Crippen LogP contribution in [0, 0.1) is 0 Å². The van der Waals surface area contributed by atoms with Gasteiger partial charge in [0, 0.05) is 17.8 Å². The first-order valence-corrected chi connectivity index (χ1v) is 11.3. The molecule has 0 bridgehead atoms. The quantitative estimate of drug-likeness (QED) is 0.540. The van der Waals surface area contributed by atoms with Crippen molar-refractivity contribution in [3.8, 4) is 28.6 Å². The molecule has 0 aliphatic carbocycles. The van der Waals surface area contributed by atoms with Gasteiger partial charge in [0.1, 0.15) is 5.75 Å². The second-order valence-corrected chi connectivity index (χ2v) is 8.03. The minimum absolute atomic E-state index is 0.155. The predicted molar refractivity (Wildman–Crippen MR) is 124 cm³/mol. The molecule has 0 spiro atoms. The van der Waals surface area contributed by atoms with E-state index in [-0.39, 0.29) is 12.8 Å². The number of carbonyl (C=O) groups is 1. The molecule has 1 atom stereocenters. The second kappa shape index (κ2) is 9.09.